The molecule has 0 aliphatic carbocycles. The van der Waals surface area contributed by atoms with Crippen LogP contribution in [-0.4, -0.2) is 21.4 Å². The number of hydrogen-bond acceptors (Lipinski definition) is 6. The molecule has 140 valence electrons. The van der Waals surface area contributed by atoms with Crippen molar-refractivity contribution in [3.63, 3.8) is 0 Å². The van der Waals surface area contributed by atoms with E-state index in [0.29, 0.717) is 9.47 Å². The van der Waals surface area contributed by atoms with Crippen LogP contribution in [0.5, 0.6) is 0 Å². The average molecular weight is 410 g/mol. The van der Waals surface area contributed by atoms with Gasteiger partial charge >= 0.3 is 0 Å². The number of carbonyl (C=O) groups excluding carboxylic acids is 1. The first-order chi connectivity index (χ1) is 12.9. The van der Waals surface area contributed by atoms with Gasteiger partial charge in [0.25, 0.3) is 0 Å². The quantitative estimate of drug-likeness (QED) is 0.451. The van der Waals surface area contributed by atoms with Crippen molar-refractivity contribution in [2.45, 2.75) is 16.5 Å². The third-order valence-corrected chi connectivity index (χ3v) is 5.39. The minimum Gasteiger partial charge on any atom is -0.330 e. The van der Waals surface area contributed by atoms with Gasteiger partial charge in [0.05, 0.1) is 10.9 Å². The number of rotatable bonds is 6. The molecule has 0 spiro atoms. The lowest BCUT2D eigenvalue weighted by Gasteiger charge is -2.11. The number of para-hydroxylation sites is 1. The van der Waals surface area contributed by atoms with E-state index in [0.717, 1.165) is 29.6 Å². The summed E-state index contributed by atoms with van der Waals surface area (Å²) in [4.78, 5) is 12.2. The molecule has 0 aliphatic heterocycles. The molecule has 2 N–H and O–H groups in total. The summed E-state index contributed by atoms with van der Waals surface area (Å²) in [6, 6.07) is 11.1. The van der Waals surface area contributed by atoms with Gasteiger partial charge in [-0.15, -0.1) is 10.2 Å². The lowest BCUT2D eigenvalue weighted by Crippen LogP contribution is -2.23. The molecular formula is C17H13F3N4OS2. The summed E-state index contributed by atoms with van der Waals surface area (Å²) in [5.41, 5.74) is 0.430. The summed E-state index contributed by atoms with van der Waals surface area (Å²) in [7, 11) is 0. The Labute approximate surface area is 161 Å². The second-order valence-electron chi connectivity index (χ2n) is 5.34. The predicted octanol–water partition coefficient (Wildman–Crippen LogP) is 4.82. The number of thioether (sulfide) groups is 1. The molecule has 1 atom stereocenters. The average Bonchev–Trinajstić information content (AvgIpc) is 3.09. The van der Waals surface area contributed by atoms with Crippen LogP contribution in [0.25, 0.3) is 0 Å². The zero-order valence-electron chi connectivity index (χ0n) is 13.9. The van der Waals surface area contributed by atoms with Gasteiger partial charge < -0.3 is 10.6 Å². The van der Waals surface area contributed by atoms with E-state index in [9.17, 15) is 18.0 Å². The van der Waals surface area contributed by atoms with E-state index in [1.54, 1.807) is 6.92 Å². The van der Waals surface area contributed by atoms with Crippen molar-refractivity contribution in [1.29, 1.82) is 0 Å². The summed E-state index contributed by atoms with van der Waals surface area (Å²) in [6.07, 6.45) is 0. The summed E-state index contributed by atoms with van der Waals surface area (Å²) >= 11 is 2.37. The predicted molar refractivity (Wildman–Crippen MR) is 99.9 cm³/mol. The number of amides is 1. The Morgan fingerprint density at radius 1 is 1.07 bits per heavy atom. The minimum atomic E-state index is -1.63. The minimum absolute atomic E-state index is 0.421. The smallest absolute Gasteiger partial charge is 0.237 e. The highest BCUT2D eigenvalue weighted by Crippen LogP contribution is 2.31. The molecule has 27 heavy (non-hydrogen) atoms. The maximum absolute atomic E-state index is 13.7. The van der Waals surface area contributed by atoms with E-state index in [1.807, 2.05) is 30.3 Å². The molecule has 0 fully saturated rings. The van der Waals surface area contributed by atoms with E-state index in [1.165, 1.54) is 11.3 Å². The largest absolute Gasteiger partial charge is 0.330 e. The molecule has 0 saturated carbocycles. The number of benzene rings is 2. The van der Waals surface area contributed by atoms with Crippen molar-refractivity contribution in [2.24, 2.45) is 0 Å². The standard InChI is InChI=1S/C17H13F3N4OS2/c1-9(15(25)22-12-8-7-11(18)13(19)14(12)20)26-17-24-23-16(27-17)21-10-5-3-2-4-6-10/h2-9H,1H3,(H,21,23)(H,22,25)/t9-/m1/s1. The van der Waals surface area contributed by atoms with Crippen molar-refractivity contribution in [3.05, 3.63) is 59.9 Å². The topological polar surface area (TPSA) is 66.9 Å². The Bertz CT molecular complexity index is 953. The monoisotopic (exact) mass is 410 g/mol. The molecule has 5 nitrogen and oxygen atoms in total. The van der Waals surface area contributed by atoms with Crippen LogP contribution in [0.3, 0.4) is 0 Å². The lowest BCUT2D eigenvalue weighted by molar-refractivity contribution is -0.115. The van der Waals surface area contributed by atoms with E-state index >= 15 is 0 Å². The van der Waals surface area contributed by atoms with E-state index in [4.69, 9.17) is 0 Å². The van der Waals surface area contributed by atoms with Gasteiger partial charge in [0.1, 0.15) is 0 Å². The molecule has 0 unspecified atom stereocenters. The van der Waals surface area contributed by atoms with Gasteiger partial charge in [-0.3, -0.25) is 4.79 Å². The van der Waals surface area contributed by atoms with Gasteiger partial charge in [-0.05, 0) is 31.2 Å². The highest BCUT2D eigenvalue weighted by molar-refractivity contribution is 8.02. The molecule has 0 aliphatic rings. The van der Waals surface area contributed by atoms with Crippen LogP contribution in [0.1, 0.15) is 6.92 Å². The van der Waals surface area contributed by atoms with Gasteiger partial charge in [-0.1, -0.05) is 41.3 Å². The zero-order chi connectivity index (χ0) is 19.4. The van der Waals surface area contributed by atoms with Crippen molar-refractivity contribution < 1.29 is 18.0 Å². The van der Waals surface area contributed by atoms with Crippen molar-refractivity contribution in [2.75, 3.05) is 10.6 Å². The zero-order valence-corrected chi connectivity index (χ0v) is 15.5. The Morgan fingerprint density at radius 2 is 1.81 bits per heavy atom. The molecule has 10 heteroatoms. The van der Waals surface area contributed by atoms with Gasteiger partial charge in [0.2, 0.25) is 11.0 Å². The summed E-state index contributed by atoms with van der Waals surface area (Å²) < 4.78 is 40.4. The number of aromatic nitrogens is 2. The van der Waals surface area contributed by atoms with E-state index in [2.05, 4.69) is 20.8 Å². The molecular weight excluding hydrogens is 397 g/mol. The first-order valence-corrected chi connectivity index (χ1v) is 9.40. The molecule has 0 radical (unpaired) electrons. The summed E-state index contributed by atoms with van der Waals surface area (Å²) in [5.74, 6) is -4.96. The molecule has 1 heterocycles. The highest BCUT2D eigenvalue weighted by Gasteiger charge is 2.20. The van der Waals surface area contributed by atoms with Crippen LogP contribution in [0.2, 0.25) is 0 Å². The number of halogens is 3. The van der Waals surface area contributed by atoms with E-state index < -0.39 is 34.3 Å². The summed E-state index contributed by atoms with van der Waals surface area (Å²) in [6.45, 7) is 1.59. The van der Waals surface area contributed by atoms with Gasteiger partial charge in [-0.25, -0.2) is 13.2 Å². The first-order valence-electron chi connectivity index (χ1n) is 7.70. The second-order valence-corrected chi connectivity index (χ2v) is 7.90. The Kier molecular flexibility index (Phi) is 5.97. The van der Waals surface area contributed by atoms with Crippen LogP contribution in [-0.2, 0) is 4.79 Å². The van der Waals surface area contributed by atoms with Crippen LogP contribution >= 0.6 is 23.1 Å². The number of hydrogen-bond donors (Lipinski definition) is 2. The van der Waals surface area contributed by atoms with Crippen LogP contribution in [0.4, 0.5) is 29.7 Å². The molecule has 1 amide bonds. The molecule has 0 saturated heterocycles. The van der Waals surface area contributed by atoms with Crippen molar-refractivity contribution in [3.8, 4) is 0 Å². The number of nitrogens with one attached hydrogen (secondary N) is 2. The molecule has 1 aromatic heterocycles. The van der Waals surface area contributed by atoms with Gasteiger partial charge in [0, 0.05) is 5.69 Å². The molecule has 3 aromatic rings. The number of anilines is 3. The molecule has 0 bridgehead atoms. The van der Waals surface area contributed by atoms with Crippen molar-refractivity contribution in [1.82, 2.24) is 10.2 Å². The third kappa shape index (κ3) is 4.77. The maximum atomic E-state index is 13.7. The Hall–Kier alpha value is -2.59. The molecule has 2 aromatic carbocycles. The van der Waals surface area contributed by atoms with Crippen molar-refractivity contribution >= 4 is 45.5 Å². The Balaban J connectivity index is 1.61. The highest BCUT2D eigenvalue weighted by atomic mass is 32.2. The number of carbonyl (C=O) groups is 1. The van der Waals surface area contributed by atoms with E-state index in [-0.39, 0.29) is 0 Å². The number of nitrogens with zero attached hydrogens (tertiary/aromatic N) is 2. The molecule has 3 rings (SSSR count). The summed E-state index contributed by atoms with van der Waals surface area (Å²) in [5, 5.41) is 13.2. The first kappa shape index (κ1) is 19.2. The van der Waals surface area contributed by atoms with Crippen LogP contribution in [0.15, 0.2) is 46.8 Å². The second kappa shape index (κ2) is 8.40. The van der Waals surface area contributed by atoms with Crippen LogP contribution < -0.4 is 10.6 Å². The maximum Gasteiger partial charge on any atom is 0.237 e. The SMILES string of the molecule is C[C@@H](Sc1nnc(Nc2ccccc2)s1)C(=O)Nc1ccc(F)c(F)c1F. The fourth-order valence-corrected chi connectivity index (χ4v) is 3.93. The third-order valence-electron chi connectivity index (χ3n) is 3.37. The fraction of sp³-hybridized carbons (Fsp3) is 0.118. The van der Waals surface area contributed by atoms with Crippen LogP contribution in [0, 0.1) is 17.5 Å². The lowest BCUT2D eigenvalue weighted by atomic mass is 10.2. The normalized spacial score (nSPS) is 11.9. The fourth-order valence-electron chi connectivity index (χ4n) is 2.01. The van der Waals surface area contributed by atoms with Gasteiger partial charge in [-0.2, -0.15) is 0 Å². The Morgan fingerprint density at radius 3 is 2.56 bits per heavy atom. The van der Waals surface area contributed by atoms with Gasteiger partial charge in [0.15, 0.2) is 21.8 Å².